The Morgan fingerprint density at radius 2 is 2.08 bits per heavy atom. The number of thiazole rings is 1. The summed E-state index contributed by atoms with van der Waals surface area (Å²) in [6.07, 6.45) is 5.62. The number of rotatable bonds is 5. The Labute approximate surface area is 145 Å². The van der Waals surface area contributed by atoms with Crippen LogP contribution in [0.15, 0.2) is 24.5 Å². The minimum atomic E-state index is -3.00. The van der Waals surface area contributed by atoms with Crippen molar-refractivity contribution in [3.05, 3.63) is 45.7 Å². The maximum atomic E-state index is 12.4. The molecule has 3 rings (SSSR count). The van der Waals surface area contributed by atoms with Crippen LogP contribution in [0.25, 0.3) is 0 Å². The highest BCUT2D eigenvalue weighted by Crippen LogP contribution is 2.21. The SMILES string of the molecule is Cc1nc(CCc2ccncc2)sc1C(=O)NC1CCS(=O)(=O)C1. The van der Waals surface area contributed by atoms with Crippen LogP contribution in [0.3, 0.4) is 0 Å². The van der Waals surface area contributed by atoms with Crippen molar-refractivity contribution >= 4 is 27.1 Å². The van der Waals surface area contributed by atoms with Crippen molar-refractivity contribution in [2.75, 3.05) is 11.5 Å². The summed E-state index contributed by atoms with van der Waals surface area (Å²) >= 11 is 1.38. The highest BCUT2D eigenvalue weighted by molar-refractivity contribution is 7.91. The number of hydrogen-bond acceptors (Lipinski definition) is 6. The molecule has 0 radical (unpaired) electrons. The van der Waals surface area contributed by atoms with Crippen molar-refractivity contribution in [2.45, 2.75) is 32.2 Å². The number of hydrogen-bond donors (Lipinski definition) is 1. The van der Waals surface area contributed by atoms with Crippen LogP contribution in [0.5, 0.6) is 0 Å². The first-order valence-corrected chi connectivity index (χ1v) is 10.4. The molecule has 0 aromatic carbocycles. The van der Waals surface area contributed by atoms with E-state index in [1.165, 1.54) is 16.9 Å². The quantitative estimate of drug-likeness (QED) is 0.868. The van der Waals surface area contributed by atoms with Crippen LogP contribution >= 0.6 is 11.3 Å². The third-order valence-corrected chi connectivity index (χ3v) is 6.98. The van der Waals surface area contributed by atoms with E-state index in [9.17, 15) is 13.2 Å². The third kappa shape index (κ3) is 4.18. The van der Waals surface area contributed by atoms with Gasteiger partial charge in [-0.2, -0.15) is 0 Å². The van der Waals surface area contributed by atoms with Gasteiger partial charge in [0.25, 0.3) is 5.91 Å². The van der Waals surface area contributed by atoms with Crippen LogP contribution in [-0.4, -0.2) is 41.8 Å². The predicted octanol–water partition coefficient (Wildman–Crippen LogP) is 1.55. The number of carbonyl (C=O) groups is 1. The van der Waals surface area contributed by atoms with Gasteiger partial charge in [0.1, 0.15) is 4.88 Å². The number of amides is 1. The first kappa shape index (κ1) is 17.0. The Bertz CT molecular complexity index is 832. The number of carbonyl (C=O) groups excluding carboxylic acids is 1. The fraction of sp³-hybridized carbons (Fsp3) is 0.438. The molecular formula is C16H19N3O3S2. The second-order valence-electron chi connectivity index (χ2n) is 5.95. The number of aromatic nitrogens is 2. The zero-order valence-corrected chi connectivity index (χ0v) is 15.0. The maximum absolute atomic E-state index is 12.4. The molecule has 3 heterocycles. The zero-order chi connectivity index (χ0) is 17.2. The minimum Gasteiger partial charge on any atom is -0.347 e. The number of pyridine rings is 1. The first-order chi connectivity index (χ1) is 11.4. The molecule has 6 nitrogen and oxygen atoms in total. The molecule has 0 saturated carbocycles. The van der Waals surface area contributed by atoms with E-state index in [1.807, 2.05) is 19.1 Å². The smallest absolute Gasteiger partial charge is 0.263 e. The average Bonchev–Trinajstić information content (AvgIpc) is 3.08. The van der Waals surface area contributed by atoms with E-state index in [-0.39, 0.29) is 23.5 Å². The van der Waals surface area contributed by atoms with Crippen LogP contribution in [0.2, 0.25) is 0 Å². The van der Waals surface area contributed by atoms with Crippen molar-refractivity contribution < 1.29 is 13.2 Å². The van der Waals surface area contributed by atoms with Gasteiger partial charge < -0.3 is 5.32 Å². The molecule has 1 N–H and O–H groups in total. The molecule has 2 aromatic rings. The number of aryl methyl sites for hydroxylation is 3. The van der Waals surface area contributed by atoms with Gasteiger partial charge in [-0.15, -0.1) is 11.3 Å². The Morgan fingerprint density at radius 1 is 1.33 bits per heavy atom. The van der Waals surface area contributed by atoms with Crippen LogP contribution in [0.1, 0.15) is 32.4 Å². The second kappa shape index (κ2) is 6.98. The number of nitrogens with zero attached hydrogens (tertiary/aromatic N) is 2. The summed E-state index contributed by atoms with van der Waals surface area (Å²) in [5.74, 6) is -0.0373. The number of sulfone groups is 1. The molecule has 1 saturated heterocycles. The average molecular weight is 365 g/mol. The van der Waals surface area contributed by atoms with Crippen molar-refractivity contribution in [2.24, 2.45) is 0 Å². The molecule has 24 heavy (non-hydrogen) atoms. The van der Waals surface area contributed by atoms with Gasteiger partial charge in [-0.25, -0.2) is 13.4 Å². The van der Waals surface area contributed by atoms with Gasteiger partial charge in [-0.1, -0.05) is 0 Å². The molecule has 1 unspecified atom stereocenters. The predicted molar refractivity (Wildman–Crippen MR) is 93.0 cm³/mol. The summed E-state index contributed by atoms with van der Waals surface area (Å²) in [6.45, 7) is 1.81. The van der Waals surface area contributed by atoms with Gasteiger partial charge in [0.2, 0.25) is 0 Å². The lowest BCUT2D eigenvalue weighted by Gasteiger charge is -2.09. The Hall–Kier alpha value is -1.80. The van der Waals surface area contributed by atoms with Gasteiger partial charge in [-0.3, -0.25) is 9.78 Å². The van der Waals surface area contributed by atoms with Gasteiger partial charge in [0, 0.05) is 24.9 Å². The molecule has 1 aliphatic heterocycles. The lowest BCUT2D eigenvalue weighted by atomic mass is 10.1. The first-order valence-electron chi connectivity index (χ1n) is 7.79. The highest BCUT2D eigenvalue weighted by Gasteiger charge is 2.30. The zero-order valence-electron chi connectivity index (χ0n) is 13.4. The summed E-state index contributed by atoms with van der Waals surface area (Å²) in [5, 5.41) is 3.73. The molecule has 1 atom stereocenters. The van der Waals surface area contributed by atoms with Gasteiger partial charge in [-0.05, 0) is 37.5 Å². The molecular weight excluding hydrogens is 346 g/mol. The van der Waals surface area contributed by atoms with E-state index < -0.39 is 9.84 Å². The van der Waals surface area contributed by atoms with Crippen molar-refractivity contribution in [3.8, 4) is 0 Å². The second-order valence-corrected chi connectivity index (χ2v) is 9.26. The minimum absolute atomic E-state index is 0.0332. The third-order valence-electron chi connectivity index (χ3n) is 3.99. The molecule has 1 aliphatic rings. The van der Waals surface area contributed by atoms with Crippen LogP contribution < -0.4 is 5.32 Å². The van der Waals surface area contributed by atoms with E-state index in [0.717, 1.165) is 17.8 Å². The fourth-order valence-corrected chi connectivity index (χ4v) is 5.37. The summed E-state index contributed by atoms with van der Waals surface area (Å²) < 4.78 is 23.0. The normalized spacial score (nSPS) is 19.3. The van der Waals surface area contributed by atoms with E-state index >= 15 is 0 Å². The maximum Gasteiger partial charge on any atom is 0.263 e. The van der Waals surface area contributed by atoms with Crippen molar-refractivity contribution in [1.29, 1.82) is 0 Å². The number of nitrogens with one attached hydrogen (secondary N) is 1. The van der Waals surface area contributed by atoms with E-state index in [2.05, 4.69) is 15.3 Å². The summed E-state index contributed by atoms with van der Waals surface area (Å²) in [5.41, 5.74) is 1.88. The lowest BCUT2D eigenvalue weighted by molar-refractivity contribution is 0.0944. The molecule has 1 fully saturated rings. The van der Waals surface area contributed by atoms with Gasteiger partial charge >= 0.3 is 0 Å². The molecule has 128 valence electrons. The van der Waals surface area contributed by atoms with E-state index in [0.29, 0.717) is 17.0 Å². The van der Waals surface area contributed by atoms with Gasteiger partial charge in [0.15, 0.2) is 9.84 Å². The highest BCUT2D eigenvalue weighted by atomic mass is 32.2. The van der Waals surface area contributed by atoms with Crippen molar-refractivity contribution in [1.82, 2.24) is 15.3 Å². The largest absolute Gasteiger partial charge is 0.347 e. The molecule has 0 bridgehead atoms. The standard InChI is InChI=1S/C16H19N3O3S2/c1-11-15(16(20)19-13-6-9-24(21,22)10-13)23-14(18-11)3-2-12-4-7-17-8-5-12/h4-5,7-8,13H,2-3,6,9-10H2,1H3,(H,19,20). The van der Waals surface area contributed by atoms with E-state index in [1.54, 1.807) is 12.4 Å². The van der Waals surface area contributed by atoms with E-state index in [4.69, 9.17) is 0 Å². The Balaban J connectivity index is 1.62. The molecule has 8 heteroatoms. The molecule has 2 aromatic heterocycles. The Kier molecular flexibility index (Phi) is 4.96. The lowest BCUT2D eigenvalue weighted by Crippen LogP contribution is -2.35. The monoisotopic (exact) mass is 365 g/mol. The summed E-state index contributed by atoms with van der Waals surface area (Å²) in [7, 11) is -3.00. The van der Waals surface area contributed by atoms with Crippen molar-refractivity contribution in [3.63, 3.8) is 0 Å². The fourth-order valence-electron chi connectivity index (χ4n) is 2.73. The van der Waals surface area contributed by atoms with Crippen LogP contribution in [0, 0.1) is 6.92 Å². The topological polar surface area (TPSA) is 89.0 Å². The van der Waals surface area contributed by atoms with Gasteiger partial charge in [0.05, 0.1) is 22.2 Å². The Morgan fingerprint density at radius 3 is 2.75 bits per heavy atom. The summed E-state index contributed by atoms with van der Waals surface area (Å²) in [4.78, 5) is 21.4. The van der Waals surface area contributed by atoms with Crippen LogP contribution in [-0.2, 0) is 22.7 Å². The molecule has 0 aliphatic carbocycles. The molecule has 1 amide bonds. The summed E-state index contributed by atoms with van der Waals surface area (Å²) in [6, 6.07) is 3.65. The van der Waals surface area contributed by atoms with Crippen LogP contribution in [0.4, 0.5) is 0 Å². The molecule has 0 spiro atoms.